The van der Waals surface area contributed by atoms with Gasteiger partial charge in [0.1, 0.15) is 0 Å². The van der Waals surface area contributed by atoms with Gasteiger partial charge in [-0.1, -0.05) is 23.7 Å². The summed E-state index contributed by atoms with van der Waals surface area (Å²) in [5.74, 6) is -0.444. The van der Waals surface area contributed by atoms with E-state index in [0.717, 1.165) is 16.2 Å². The van der Waals surface area contributed by atoms with Crippen molar-refractivity contribution >= 4 is 41.2 Å². The second-order valence-corrected chi connectivity index (χ2v) is 8.68. The molecule has 0 aromatic heterocycles. The lowest BCUT2D eigenvalue weighted by Crippen LogP contribution is -2.42. The number of hydrogen-bond acceptors (Lipinski definition) is 6. The van der Waals surface area contributed by atoms with Gasteiger partial charge in [0.2, 0.25) is 0 Å². The van der Waals surface area contributed by atoms with Crippen LogP contribution in [0.15, 0.2) is 53.4 Å². The van der Waals surface area contributed by atoms with Gasteiger partial charge in [0.25, 0.3) is 5.91 Å². The van der Waals surface area contributed by atoms with Crippen LogP contribution in [0, 0.1) is 5.92 Å². The summed E-state index contributed by atoms with van der Waals surface area (Å²) in [6, 6.07) is 14.8. The molecule has 8 heteroatoms. The Morgan fingerprint density at radius 1 is 1.03 bits per heavy atom. The average Bonchev–Trinajstić information content (AvgIpc) is 2.82. The van der Waals surface area contributed by atoms with E-state index in [1.807, 2.05) is 36.4 Å². The Labute approximate surface area is 190 Å². The van der Waals surface area contributed by atoms with Crippen molar-refractivity contribution in [3.63, 3.8) is 0 Å². The Morgan fingerprint density at radius 3 is 2.29 bits per heavy atom. The summed E-state index contributed by atoms with van der Waals surface area (Å²) >= 11 is 7.57. The van der Waals surface area contributed by atoms with Gasteiger partial charge in [-0.15, -0.1) is 11.8 Å². The molecular weight excluding hydrogens is 438 g/mol. The number of rotatable bonds is 7. The summed E-state index contributed by atoms with van der Waals surface area (Å²) in [7, 11) is 1.37. The molecule has 0 aliphatic carbocycles. The standard InChI is InChI=1S/C23H24ClNO5S/c1-29-22(27)18-10-12-25(13-11-18)21(26)14-30-23(28)17-4-2-16(3-5-17)15-31-20-8-6-19(24)7-9-20/h2-9,18H,10-15H2,1H3. The van der Waals surface area contributed by atoms with Crippen molar-refractivity contribution in [1.82, 2.24) is 4.90 Å². The lowest BCUT2D eigenvalue weighted by molar-refractivity contribution is -0.149. The number of methoxy groups -OCH3 is 1. The molecule has 6 nitrogen and oxygen atoms in total. The number of ether oxygens (including phenoxy) is 2. The molecule has 0 N–H and O–H groups in total. The van der Waals surface area contributed by atoms with Crippen LogP contribution in [0.3, 0.4) is 0 Å². The molecule has 1 fully saturated rings. The highest BCUT2D eigenvalue weighted by Crippen LogP contribution is 2.24. The van der Waals surface area contributed by atoms with Crippen molar-refractivity contribution in [3.8, 4) is 0 Å². The highest BCUT2D eigenvalue weighted by atomic mass is 35.5. The normalized spacial score (nSPS) is 14.2. The van der Waals surface area contributed by atoms with E-state index in [9.17, 15) is 14.4 Å². The Bertz CT molecular complexity index is 909. The van der Waals surface area contributed by atoms with E-state index in [1.165, 1.54) is 7.11 Å². The van der Waals surface area contributed by atoms with E-state index >= 15 is 0 Å². The summed E-state index contributed by atoms with van der Waals surface area (Å²) in [5.41, 5.74) is 1.47. The van der Waals surface area contributed by atoms with E-state index in [2.05, 4.69) is 0 Å². The van der Waals surface area contributed by atoms with Gasteiger partial charge in [-0.3, -0.25) is 9.59 Å². The zero-order chi connectivity index (χ0) is 22.2. The van der Waals surface area contributed by atoms with Crippen LogP contribution in [0.1, 0.15) is 28.8 Å². The summed E-state index contributed by atoms with van der Waals surface area (Å²) in [6.07, 6.45) is 1.11. The third-order valence-corrected chi connectivity index (χ3v) is 6.45. The lowest BCUT2D eigenvalue weighted by atomic mass is 9.97. The summed E-state index contributed by atoms with van der Waals surface area (Å²) in [5, 5.41) is 0.705. The number of halogens is 1. The number of benzene rings is 2. The number of carbonyl (C=O) groups excluding carboxylic acids is 3. The van der Waals surface area contributed by atoms with E-state index < -0.39 is 5.97 Å². The van der Waals surface area contributed by atoms with Gasteiger partial charge in [-0.05, 0) is 54.8 Å². The highest BCUT2D eigenvalue weighted by molar-refractivity contribution is 7.98. The number of hydrogen-bond donors (Lipinski definition) is 0. The molecule has 0 atom stereocenters. The van der Waals surface area contributed by atoms with Crippen LogP contribution in [0.25, 0.3) is 0 Å². The molecule has 2 aromatic carbocycles. The molecular formula is C23H24ClNO5S. The molecule has 1 aliphatic heterocycles. The van der Waals surface area contributed by atoms with Crippen LogP contribution < -0.4 is 0 Å². The second kappa shape index (κ2) is 11.2. The molecule has 31 heavy (non-hydrogen) atoms. The molecule has 1 aliphatic rings. The Hall–Kier alpha value is -2.51. The van der Waals surface area contributed by atoms with Crippen LogP contribution in [-0.2, 0) is 24.8 Å². The number of carbonyl (C=O) groups is 3. The lowest BCUT2D eigenvalue weighted by Gasteiger charge is -2.30. The number of likely N-dealkylation sites (tertiary alicyclic amines) is 1. The maximum Gasteiger partial charge on any atom is 0.338 e. The summed E-state index contributed by atoms with van der Waals surface area (Å²) in [4.78, 5) is 38.9. The zero-order valence-electron chi connectivity index (χ0n) is 17.2. The zero-order valence-corrected chi connectivity index (χ0v) is 18.8. The molecule has 3 rings (SSSR count). The number of piperidine rings is 1. The first kappa shape index (κ1) is 23.2. The minimum Gasteiger partial charge on any atom is -0.469 e. The van der Waals surface area contributed by atoms with Crippen molar-refractivity contribution in [2.45, 2.75) is 23.5 Å². The first-order valence-electron chi connectivity index (χ1n) is 9.96. The van der Waals surface area contributed by atoms with Gasteiger partial charge in [-0.25, -0.2) is 4.79 Å². The van der Waals surface area contributed by atoms with Gasteiger partial charge in [-0.2, -0.15) is 0 Å². The Morgan fingerprint density at radius 2 is 1.68 bits per heavy atom. The van der Waals surface area contributed by atoms with Crippen LogP contribution in [-0.4, -0.2) is 49.6 Å². The minimum absolute atomic E-state index is 0.173. The van der Waals surface area contributed by atoms with Crippen LogP contribution in [0.4, 0.5) is 0 Å². The fraction of sp³-hybridized carbons (Fsp3) is 0.348. The van der Waals surface area contributed by atoms with Crippen LogP contribution in [0.2, 0.25) is 5.02 Å². The van der Waals surface area contributed by atoms with Crippen LogP contribution >= 0.6 is 23.4 Å². The van der Waals surface area contributed by atoms with Crippen LogP contribution in [0.5, 0.6) is 0 Å². The van der Waals surface area contributed by atoms with Gasteiger partial charge < -0.3 is 14.4 Å². The monoisotopic (exact) mass is 461 g/mol. The molecule has 1 amide bonds. The molecule has 1 saturated heterocycles. The van der Waals surface area contributed by atoms with E-state index in [-0.39, 0.29) is 24.4 Å². The van der Waals surface area contributed by atoms with E-state index in [4.69, 9.17) is 21.1 Å². The molecule has 0 unspecified atom stereocenters. The number of nitrogens with zero attached hydrogens (tertiary/aromatic N) is 1. The molecule has 2 aromatic rings. The largest absolute Gasteiger partial charge is 0.469 e. The predicted octanol–water partition coefficient (Wildman–Crippen LogP) is 4.20. The van der Waals surface area contributed by atoms with Crippen molar-refractivity contribution in [3.05, 3.63) is 64.7 Å². The fourth-order valence-corrected chi connectivity index (χ4v) is 4.25. The third-order valence-electron chi connectivity index (χ3n) is 5.12. The first-order valence-corrected chi connectivity index (χ1v) is 11.3. The Kier molecular flexibility index (Phi) is 8.37. The molecule has 0 saturated carbocycles. The smallest absolute Gasteiger partial charge is 0.338 e. The maximum absolute atomic E-state index is 12.3. The molecule has 0 bridgehead atoms. The Balaban J connectivity index is 1.42. The predicted molar refractivity (Wildman–Crippen MR) is 119 cm³/mol. The SMILES string of the molecule is COC(=O)C1CCN(C(=O)COC(=O)c2ccc(CSc3ccc(Cl)cc3)cc2)CC1. The molecule has 164 valence electrons. The molecule has 0 radical (unpaired) electrons. The highest BCUT2D eigenvalue weighted by Gasteiger charge is 2.28. The summed E-state index contributed by atoms with van der Waals surface area (Å²) in [6.45, 7) is 0.599. The number of esters is 2. The summed E-state index contributed by atoms with van der Waals surface area (Å²) < 4.78 is 9.93. The van der Waals surface area contributed by atoms with Crippen molar-refractivity contribution < 1.29 is 23.9 Å². The van der Waals surface area contributed by atoms with Crippen molar-refractivity contribution in [2.75, 3.05) is 26.8 Å². The van der Waals surface area contributed by atoms with Gasteiger partial charge in [0.05, 0.1) is 18.6 Å². The average molecular weight is 462 g/mol. The van der Waals surface area contributed by atoms with Gasteiger partial charge in [0, 0.05) is 28.8 Å². The maximum atomic E-state index is 12.3. The molecule has 0 spiro atoms. The number of thioether (sulfide) groups is 1. The van der Waals surface area contributed by atoms with E-state index in [1.54, 1.807) is 28.8 Å². The van der Waals surface area contributed by atoms with Gasteiger partial charge >= 0.3 is 11.9 Å². The van der Waals surface area contributed by atoms with Gasteiger partial charge in [0.15, 0.2) is 6.61 Å². The first-order chi connectivity index (χ1) is 15.0. The minimum atomic E-state index is -0.533. The second-order valence-electron chi connectivity index (χ2n) is 7.19. The quantitative estimate of drug-likeness (QED) is 0.454. The van der Waals surface area contributed by atoms with E-state index in [0.29, 0.717) is 36.5 Å². The van der Waals surface area contributed by atoms with Crippen molar-refractivity contribution in [1.29, 1.82) is 0 Å². The third kappa shape index (κ3) is 6.74. The molecule has 1 heterocycles. The van der Waals surface area contributed by atoms with Crippen molar-refractivity contribution in [2.24, 2.45) is 5.92 Å². The fourth-order valence-electron chi connectivity index (χ4n) is 3.27. The topological polar surface area (TPSA) is 72.9 Å². The number of amides is 1.